The molecule has 1 aromatic carbocycles. The summed E-state index contributed by atoms with van der Waals surface area (Å²) in [6, 6.07) is 6.91. The van der Waals surface area contributed by atoms with Gasteiger partial charge in [-0.3, -0.25) is 9.59 Å². The zero-order valence-corrected chi connectivity index (χ0v) is 11.6. The van der Waals surface area contributed by atoms with E-state index in [1.807, 2.05) is 0 Å². The topological polar surface area (TPSA) is 88.9 Å². The average molecular weight is 294 g/mol. The minimum absolute atomic E-state index is 0.0773. The molecule has 1 heterocycles. The van der Waals surface area contributed by atoms with Crippen molar-refractivity contribution in [2.24, 2.45) is 7.05 Å². The first-order chi connectivity index (χ1) is 9.45. The molecule has 0 radical (unpaired) electrons. The lowest BCUT2D eigenvalue weighted by atomic mass is 10.3. The van der Waals surface area contributed by atoms with Gasteiger partial charge in [0.2, 0.25) is 17.7 Å². The first-order valence-corrected chi connectivity index (χ1v) is 6.09. The van der Waals surface area contributed by atoms with Gasteiger partial charge >= 0.3 is 5.56 Å². The summed E-state index contributed by atoms with van der Waals surface area (Å²) >= 11 is 5.79. The number of aromatic nitrogens is 3. The van der Waals surface area contributed by atoms with Crippen LogP contribution in [0.1, 0.15) is 6.92 Å². The number of amides is 1. The highest BCUT2D eigenvalue weighted by Gasteiger charge is 2.09. The van der Waals surface area contributed by atoms with Gasteiger partial charge in [-0.05, 0) is 24.3 Å². The summed E-state index contributed by atoms with van der Waals surface area (Å²) < 4.78 is 1.09. The van der Waals surface area contributed by atoms with Crippen LogP contribution in [-0.2, 0) is 11.8 Å². The van der Waals surface area contributed by atoms with Gasteiger partial charge in [0.05, 0.1) is 0 Å². The Bertz CT molecular complexity index is 696. The van der Waals surface area contributed by atoms with E-state index in [9.17, 15) is 9.59 Å². The molecule has 0 fully saturated rings. The second-order valence-electron chi connectivity index (χ2n) is 4.03. The highest BCUT2D eigenvalue weighted by molar-refractivity contribution is 6.30. The Hall–Kier alpha value is -2.41. The zero-order chi connectivity index (χ0) is 14.7. The van der Waals surface area contributed by atoms with Gasteiger partial charge in [-0.25, -0.2) is 4.68 Å². The fourth-order valence-corrected chi connectivity index (χ4v) is 1.61. The maximum absolute atomic E-state index is 11.7. The van der Waals surface area contributed by atoms with Crippen molar-refractivity contribution >= 4 is 35.0 Å². The molecule has 0 unspecified atom stereocenters. The second kappa shape index (κ2) is 5.70. The number of nitrogens with zero attached hydrogens (tertiary/aromatic N) is 3. The molecular formula is C12H12ClN5O2. The van der Waals surface area contributed by atoms with Crippen LogP contribution in [0.3, 0.4) is 0 Å². The third-order valence-electron chi connectivity index (χ3n) is 2.35. The predicted molar refractivity (Wildman–Crippen MR) is 76.3 cm³/mol. The monoisotopic (exact) mass is 293 g/mol. The smallest absolute Gasteiger partial charge is 0.309 e. The lowest BCUT2D eigenvalue weighted by Gasteiger charge is -2.08. The van der Waals surface area contributed by atoms with E-state index in [-0.39, 0.29) is 17.7 Å². The van der Waals surface area contributed by atoms with Gasteiger partial charge in [0.25, 0.3) is 0 Å². The zero-order valence-electron chi connectivity index (χ0n) is 10.8. The van der Waals surface area contributed by atoms with Crippen molar-refractivity contribution in [2.45, 2.75) is 6.92 Å². The Labute approximate surface area is 119 Å². The van der Waals surface area contributed by atoms with Crippen LogP contribution in [0.15, 0.2) is 29.1 Å². The Morgan fingerprint density at radius 2 is 1.95 bits per heavy atom. The molecule has 7 nitrogen and oxygen atoms in total. The quantitative estimate of drug-likeness (QED) is 0.896. The van der Waals surface area contributed by atoms with Crippen LogP contribution in [0.5, 0.6) is 0 Å². The Kier molecular flexibility index (Phi) is 3.99. The van der Waals surface area contributed by atoms with Gasteiger partial charge in [-0.1, -0.05) is 11.6 Å². The second-order valence-corrected chi connectivity index (χ2v) is 4.46. The van der Waals surface area contributed by atoms with Gasteiger partial charge in [0.15, 0.2) is 0 Å². The molecule has 104 valence electrons. The standard InChI is InChI=1S/C12H12ClN5O2/c1-7(19)14-10-11(20)18(2)17-12(16-10)15-9-5-3-8(13)4-6-9/h3-6H,1-2H3,(H2,14,15,16,17,19). The molecule has 0 atom stereocenters. The van der Waals surface area contributed by atoms with Crippen LogP contribution in [0.4, 0.5) is 17.5 Å². The lowest BCUT2D eigenvalue weighted by Crippen LogP contribution is -2.27. The molecule has 2 rings (SSSR count). The lowest BCUT2D eigenvalue weighted by molar-refractivity contribution is -0.114. The highest BCUT2D eigenvalue weighted by atomic mass is 35.5. The summed E-state index contributed by atoms with van der Waals surface area (Å²) in [6.45, 7) is 1.30. The number of aryl methyl sites for hydroxylation is 1. The molecule has 20 heavy (non-hydrogen) atoms. The van der Waals surface area contributed by atoms with E-state index in [0.717, 1.165) is 4.68 Å². The first-order valence-electron chi connectivity index (χ1n) is 5.71. The number of hydrogen-bond donors (Lipinski definition) is 2. The molecule has 2 N–H and O–H groups in total. The van der Waals surface area contributed by atoms with E-state index in [1.54, 1.807) is 24.3 Å². The van der Waals surface area contributed by atoms with Crippen molar-refractivity contribution in [2.75, 3.05) is 10.6 Å². The fourth-order valence-electron chi connectivity index (χ4n) is 1.48. The van der Waals surface area contributed by atoms with Crippen molar-refractivity contribution in [3.63, 3.8) is 0 Å². The third kappa shape index (κ3) is 3.33. The van der Waals surface area contributed by atoms with Crippen LogP contribution in [0.2, 0.25) is 5.02 Å². The van der Waals surface area contributed by atoms with Crippen molar-refractivity contribution in [1.29, 1.82) is 0 Å². The van der Waals surface area contributed by atoms with E-state index in [0.29, 0.717) is 10.7 Å². The van der Waals surface area contributed by atoms with E-state index in [1.165, 1.54) is 14.0 Å². The van der Waals surface area contributed by atoms with Crippen LogP contribution >= 0.6 is 11.6 Å². The molecule has 0 spiro atoms. The third-order valence-corrected chi connectivity index (χ3v) is 2.61. The minimum atomic E-state index is -0.484. The van der Waals surface area contributed by atoms with E-state index < -0.39 is 5.56 Å². The number of halogens is 1. The molecular weight excluding hydrogens is 282 g/mol. The number of nitrogens with one attached hydrogen (secondary N) is 2. The number of rotatable bonds is 3. The first kappa shape index (κ1) is 14.0. The normalized spacial score (nSPS) is 10.2. The van der Waals surface area contributed by atoms with Crippen molar-refractivity contribution in [3.8, 4) is 0 Å². The molecule has 0 bridgehead atoms. The van der Waals surface area contributed by atoms with Gasteiger partial charge < -0.3 is 10.6 Å². The molecule has 0 aliphatic carbocycles. The largest absolute Gasteiger partial charge is 0.323 e. The molecule has 2 aromatic rings. The Morgan fingerprint density at radius 1 is 1.30 bits per heavy atom. The summed E-state index contributed by atoms with van der Waals surface area (Å²) in [5.41, 5.74) is 0.226. The minimum Gasteiger partial charge on any atom is -0.323 e. The molecule has 8 heteroatoms. The van der Waals surface area contributed by atoms with Gasteiger partial charge in [0, 0.05) is 24.7 Å². The number of anilines is 3. The maximum Gasteiger partial charge on any atom is 0.309 e. The Morgan fingerprint density at radius 3 is 2.55 bits per heavy atom. The summed E-state index contributed by atoms with van der Waals surface area (Å²) in [4.78, 5) is 26.7. The van der Waals surface area contributed by atoms with Gasteiger partial charge in [0.1, 0.15) is 0 Å². The van der Waals surface area contributed by atoms with Crippen molar-refractivity contribution in [1.82, 2.24) is 14.8 Å². The molecule has 0 aliphatic rings. The molecule has 0 aliphatic heterocycles. The molecule has 0 saturated carbocycles. The summed E-state index contributed by atoms with van der Waals surface area (Å²) in [7, 11) is 1.47. The van der Waals surface area contributed by atoms with Gasteiger partial charge in [-0.2, -0.15) is 4.98 Å². The fraction of sp³-hybridized carbons (Fsp3) is 0.167. The van der Waals surface area contributed by atoms with Crippen LogP contribution < -0.4 is 16.2 Å². The highest BCUT2D eigenvalue weighted by Crippen LogP contribution is 2.16. The number of benzene rings is 1. The summed E-state index contributed by atoms with van der Waals surface area (Å²) in [6.07, 6.45) is 0. The van der Waals surface area contributed by atoms with Gasteiger partial charge in [-0.15, -0.1) is 5.10 Å². The number of carbonyl (C=O) groups excluding carboxylic acids is 1. The van der Waals surface area contributed by atoms with E-state index in [2.05, 4.69) is 20.7 Å². The Balaban J connectivity index is 2.32. The summed E-state index contributed by atoms with van der Waals surface area (Å²) in [5.74, 6) is -0.261. The SMILES string of the molecule is CC(=O)Nc1nc(Nc2ccc(Cl)cc2)nn(C)c1=O. The van der Waals surface area contributed by atoms with Crippen LogP contribution in [0, 0.1) is 0 Å². The summed E-state index contributed by atoms with van der Waals surface area (Å²) in [5, 5.41) is 9.85. The van der Waals surface area contributed by atoms with Crippen LogP contribution in [0.25, 0.3) is 0 Å². The van der Waals surface area contributed by atoms with E-state index in [4.69, 9.17) is 11.6 Å². The number of hydrogen-bond acceptors (Lipinski definition) is 5. The maximum atomic E-state index is 11.7. The number of carbonyl (C=O) groups is 1. The van der Waals surface area contributed by atoms with E-state index >= 15 is 0 Å². The van der Waals surface area contributed by atoms with Crippen molar-refractivity contribution < 1.29 is 4.79 Å². The molecule has 1 amide bonds. The van der Waals surface area contributed by atoms with Crippen molar-refractivity contribution in [3.05, 3.63) is 39.6 Å². The predicted octanol–water partition coefficient (Wildman–Crippen LogP) is 1.53. The van der Waals surface area contributed by atoms with Crippen LogP contribution in [-0.4, -0.2) is 20.7 Å². The molecule has 0 saturated heterocycles. The molecule has 1 aromatic heterocycles. The average Bonchev–Trinajstić information content (AvgIpc) is 2.37.